The Hall–Kier alpha value is 0.0100. The summed E-state index contributed by atoms with van der Waals surface area (Å²) in [4.78, 5) is 0. The Morgan fingerprint density at radius 2 is 2.18 bits per heavy atom. The molecule has 17 heavy (non-hydrogen) atoms. The van der Waals surface area contributed by atoms with Gasteiger partial charge >= 0.3 is 0 Å². The van der Waals surface area contributed by atoms with Gasteiger partial charge in [-0.3, -0.25) is 0 Å². The lowest BCUT2D eigenvalue weighted by atomic mass is 9.94. The summed E-state index contributed by atoms with van der Waals surface area (Å²) in [6.07, 6.45) is 7.62. The molecule has 1 saturated carbocycles. The molecule has 0 aromatic heterocycles. The molecule has 3 atom stereocenters. The van der Waals surface area contributed by atoms with Crippen molar-refractivity contribution in [2.45, 2.75) is 32.3 Å². The van der Waals surface area contributed by atoms with E-state index in [9.17, 15) is 5.11 Å². The van der Waals surface area contributed by atoms with Crippen LogP contribution in [0, 0.1) is 17.8 Å². The molecule has 0 aliphatic heterocycles. The maximum Gasteiger partial charge on any atom is 0.0681 e. The van der Waals surface area contributed by atoms with Crippen LogP contribution in [0.4, 0.5) is 0 Å². The van der Waals surface area contributed by atoms with Gasteiger partial charge in [0.1, 0.15) is 0 Å². The van der Waals surface area contributed by atoms with Gasteiger partial charge in [-0.2, -0.15) is 11.8 Å². The molecule has 0 radical (unpaired) electrons. The van der Waals surface area contributed by atoms with Gasteiger partial charge in [-0.15, -0.1) is 0 Å². The topological polar surface area (TPSA) is 32.3 Å². The van der Waals surface area contributed by atoms with Crippen molar-refractivity contribution in [1.82, 2.24) is 5.32 Å². The van der Waals surface area contributed by atoms with Crippen LogP contribution in [0.1, 0.15) is 26.7 Å². The van der Waals surface area contributed by atoms with E-state index in [2.05, 4.69) is 17.5 Å². The van der Waals surface area contributed by atoms with Gasteiger partial charge in [0.15, 0.2) is 0 Å². The van der Waals surface area contributed by atoms with Gasteiger partial charge in [0, 0.05) is 18.1 Å². The summed E-state index contributed by atoms with van der Waals surface area (Å²) < 4.78 is 0. The monoisotopic (exact) mass is 255 g/mol. The third-order valence-corrected chi connectivity index (χ3v) is 5.10. The maximum atomic E-state index is 9.57. The van der Waals surface area contributed by atoms with E-state index in [-0.39, 0.29) is 0 Å². The highest BCUT2D eigenvalue weighted by atomic mass is 32.2. The van der Waals surface area contributed by atoms with Gasteiger partial charge in [-0.25, -0.2) is 0 Å². The molecule has 0 unspecified atom stereocenters. The summed E-state index contributed by atoms with van der Waals surface area (Å²) in [6.45, 7) is 5.98. The fraction of sp³-hybridized carbons (Fsp3) is 0.857. The summed E-state index contributed by atoms with van der Waals surface area (Å²) >= 11 is 1.83. The molecular weight excluding hydrogens is 230 g/mol. The van der Waals surface area contributed by atoms with Crippen molar-refractivity contribution in [2.75, 3.05) is 24.6 Å². The van der Waals surface area contributed by atoms with Crippen LogP contribution < -0.4 is 5.32 Å². The van der Waals surface area contributed by atoms with Crippen LogP contribution in [-0.4, -0.2) is 35.3 Å². The molecule has 1 fully saturated rings. The van der Waals surface area contributed by atoms with E-state index < -0.39 is 5.60 Å². The van der Waals surface area contributed by atoms with Gasteiger partial charge in [-0.05, 0) is 51.0 Å². The molecule has 3 heteroatoms. The Morgan fingerprint density at radius 1 is 1.35 bits per heavy atom. The number of thioether (sulfide) groups is 1. The molecule has 0 saturated heterocycles. The minimum atomic E-state index is -0.528. The molecule has 2 aliphatic carbocycles. The molecule has 0 aromatic carbocycles. The normalized spacial score (nSPS) is 31.4. The smallest absolute Gasteiger partial charge is 0.0681 e. The average Bonchev–Trinajstić information content (AvgIpc) is 2.83. The van der Waals surface area contributed by atoms with Gasteiger partial charge < -0.3 is 10.4 Å². The predicted octanol–water partition coefficient (Wildman–Crippen LogP) is 2.29. The molecule has 0 spiro atoms. The molecule has 0 amide bonds. The summed E-state index contributed by atoms with van der Waals surface area (Å²) in [5, 5.41) is 13.1. The van der Waals surface area contributed by atoms with Crippen LogP contribution in [0.25, 0.3) is 0 Å². The highest BCUT2D eigenvalue weighted by Gasteiger charge is 2.34. The third kappa shape index (κ3) is 4.31. The fourth-order valence-electron chi connectivity index (χ4n) is 2.88. The maximum absolute atomic E-state index is 9.57. The Kier molecular flexibility index (Phi) is 4.56. The minimum Gasteiger partial charge on any atom is -0.390 e. The molecule has 2 rings (SSSR count). The number of aliphatic hydroxyl groups is 1. The molecule has 0 aromatic rings. The van der Waals surface area contributed by atoms with Crippen LogP contribution in [-0.2, 0) is 0 Å². The standard InChI is InChI=1S/C14H25NOS/c1-14(2,16)10-17-6-5-15-9-13-8-11-3-4-12(13)7-11/h3-4,11-13,15-16H,5-10H2,1-2H3/t11-,12-,13-/m0/s1. The van der Waals surface area contributed by atoms with Crippen molar-refractivity contribution in [1.29, 1.82) is 0 Å². The number of hydrogen-bond acceptors (Lipinski definition) is 3. The van der Waals surface area contributed by atoms with Crippen LogP contribution in [0.3, 0.4) is 0 Å². The first kappa shape index (κ1) is 13.4. The zero-order chi connectivity index (χ0) is 12.3. The largest absolute Gasteiger partial charge is 0.390 e. The Labute approximate surface area is 109 Å². The minimum absolute atomic E-state index is 0.528. The molecule has 2 nitrogen and oxygen atoms in total. The van der Waals surface area contributed by atoms with Gasteiger partial charge in [0.05, 0.1) is 5.60 Å². The number of hydrogen-bond donors (Lipinski definition) is 2. The van der Waals surface area contributed by atoms with Crippen molar-refractivity contribution in [3.8, 4) is 0 Å². The first-order valence-electron chi connectivity index (χ1n) is 6.74. The van der Waals surface area contributed by atoms with E-state index in [0.29, 0.717) is 0 Å². The van der Waals surface area contributed by atoms with E-state index in [4.69, 9.17) is 0 Å². The second-order valence-corrected chi connectivity index (χ2v) is 7.21. The average molecular weight is 255 g/mol. The van der Waals surface area contributed by atoms with Gasteiger partial charge in [0.2, 0.25) is 0 Å². The highest BCUT2D eigenvalue weighted by Crippen LogP contribution is 2.42. The Bertz CT molecular complexity index is 272. The van der Waals surface area contributed by atoms with Gasteiger partial charge in [0.25, 0.3) is 0 Å². The third-order valence-electron chi connectivity index (χ3n) is 3.70. The molecular formula is C14H25NOS. The number of rotatable bonds is 7. The zero-order valence-corrected chi connectivity index (χ0v) is 11.8. The van der Waals surface area contributed by atoms with E-state index in [1.807, 2.05) is 25.6 Å². The SMILES string of the molecule is CC(C)(O)CSCCNC[C@@H]1C[C@H]2C=C[C@H]1C2. The lowest BCUT2D eigenvalue weighted by Crippen LogP contribution is -2.28. The first-order chi connectivity index (χ1) is 8.04. The van der Waals surface area contributed by atoms with Gasteiger partial charge in [-0.1, -0.05) is 12.2 Å². The molecule has 98 valence electrons. The first-order valence-corrected chi connectivity index (χ1v) is 7.89. The number of allylic oxidation sites excluding steroid dienone is 2. The number of nitrogens with one attached hydrogen (secondary N) is 1. The van der Waals surface area contributed by atoms with Crippen molar-refractivity contribution in [3.05, 3.63) is 12.2 Å². The van der Waals surface area contributed by atoms with E-state index in [0.717, 1.165) is 35.8 Å². The lowest BCUT2D eigenvalue weighted by Gasteiger charge is -2.19. The predicted molar refractivity (Wildman–Crippen MR) is 75.3 cm³/mol. The second-order valence-electron chi connectivity index (χ2n) is 6.11. The number of fused-ring (bicyclic) bond motifs is 2. The van der Waals surface area contributed by atoms with Crippen molar-refractivity contribution < 1.29 is 5.11 Å². The Morgan fingerprint density at radius 3 is 2.76 bits per heavy atom. The molecule has 2 bridgehead atoms. The lowest BCUT2D eigenvalue weighted by molar-refractivity contribution is 0.107. The van der Waals surface area contributed by atoms with Crippen LogP contribution >= 0.6 is 11.8 Å². The Balaban J connectivity index is 1.49. The summed E-state index contributed by atoms with van der Waals surface area (Å²) in [5.41, 5.74) is -0.528. The van der Waals surface area contributed by atoms with Crippen LogP contribution in [0.15, 0.2) is 12.2 Å². The van der Waals surface area contributed by atoms with E-state index in [1.165, 1.54) is 19.4 Å². The van der Waals surface area contributed by atoms with Crippen molar-refractivity contribution in [2.24, 2.45) is 17.8 Å². The van der Waals surface area contributed by atoms with E-state index in [1.54, 1.807) is 0 Å². The second kappa shape index (κ2) is 5.77. The fourth-order valence-corrected chi connectivity index (χ4v) is 3.82. The van der Waals surface area contributed by atoms with E-state index >= 15 is 0 Å². The van der Waals surface area contributed by atoms with Crippen LogP contribution in [0.5, 0.6) is 0 Å². The molecule has 2 N–H and O–H groups in total. The van der Waals surface area contributed by atoms with Crippen LogP contribution in [0.2, 0.25) is 0 Å². The molecule has 0 heterocycles. The summed E-state index contributed by atoms with van der Waals surface area (Å²) in [7, 11) is 0. The van der Waals surface area contributed by atoms with Crippen molar-refractivity contribution in [3.63, 3.8) is 0 Å². The molecule has 2 aliphatic rings. The highest BCUT2D eigenvalue weighted by molar-refractivity contribution is 7.99. The summed E-state index contributed by atoms with van der Waals surface area (Å²) in [6, 6.07) is 0. The van der Waals surface area contributed by atoms with Crippen molar-refractivity contribution >= 4 is 11.8 Å². The quantitative estimate of drug-likeness (QED) is 0.541. The zero-order valence-electron chi connectivity index (χ0n) is 11.0. The summed E-state index contributed by atoms with van der Waals surface area (Å²) in [5.74, 6) is 4.55.